The summed E-state index contributed by atoms with van der Waals surface area (Å²) in [5.41, 5.74) is 5.78. The second-order valence-corrected chi connectivity index (χ2v) is 6.60. The van der Waals surface area contributed by atoms with Gasteiger partial charge >= 0.3 is 0 Å². The predicted molar refractivity (Wildman–Crippen MR) is 118 cm³/mol. The molecule has 1 nitrogen and oxygen atoms in total. The van der Waals surface area contributed by atoms with Crippen LogP contribution in [0.3, 0.4) is 0 Å². The third-order valence-electron chi connectivity index (χ3n) is 4.63. The van der Waals surface area contributed by atoms with E-state index in [9.17, 15) is 0 Å². The summed E-state index contributed by atoms with van der Waals surface area (Å²) in [6, 6.07) is 37.3. The third kappa shape index (κ3) is 4.39. The van der Waals surface area contributed by atoms with Gasteiger partial charge < -0.3 is 4.74 Å². The lowest BCUT2D eigenvalue weighted by Crippen LogP contribution is -1.97. The van der Waals surface area contributed by atoms with E-state index in [2.05, 4.69) is 84.9 Å². The lowest BCUT2D eigenvalue weighted by Gasteiger charge is -2.13. The fraction of sp³-hybridized carbons (Fsp3) is 0.0370. The molecule has 4 aromatic rings. The van der Waals surface area contributed by atoms with E-state index < -0.39 is 0 Å². The van der Waals surface area contributed by atoms with Crippen LogP contribution in [0.4, 0.5) is 0 Å². The van der Waals surface area contributed by atoms with Gasteiger partial charge in [-0.15, -0.1) is 0 Å². The molecular weight excluding hydrogens is 340 g/mol. The maximum absolute atomic E-state index is 6.17. The number of benzene rings is 4. The molecule has 0 amide bonds. The van der Waals surface area contributed by atoms with Crippen LogP contribution in [0, 0.1) is 0 Å². The average molecular weight is 362 g/mol. The summed E-state index contributed by atoms with van der Waals surface area (Å²) in [7, 11) is 0. The molecule has 4 rings (SSSR count). The molecule has 28 heavy (non-hydrogen) atoms. The highest BCUT2D eigenvalue weighted by Gasteiger charge is 2.09. The molecule has 0 unspecified atom stereocenters. The van der Waals surface area contributed by atoms with Crippen LogP contribution in [0.25, 0.3) is 23.3 Å². The van der Waals surface area contributed by atoms with Crippen molar-refractivity contribution < 1.29 is 4.74 Å². The predicted octanol–water partition coefficient (Wildman–Crippen LogP) is 7.10. The molecule has 0 aliphatic carbocycles. The van der Waals surface area contributed by atoms with Gasteiger partial charge in [0.25, 0.3) is 0 Å². The third-order valence-corrected chi connectivity index (χ3v) is 4.63. The van der Waals surface area contributed by atoms with Crippen molar-refractivity contribution in [3.05, 3.63) is 126 Å². The van der Waals surface area contributed by atoms with Crippen molar-refractivity contribution in [3.8, 4) is 16.9 Å². The van der Waals surface area contributed by atoms with E-state index in [4.69, 9.17) is 4.74 Å². The van der Waals surface area contributed by atoms with Crippen molar-refractivity contribution in [2.45, 2.75) is 6.61 Å². The number of hydrogen-bond acceptors (Lipinski definition) is 1. The van der Waals surface area contributed by atoms with Crippen LogP contribution in [-0.4, -0.2) is 0 Å². The van der Waals surface area contributed by atoms with Crippen molar-refractivity contribution in [2.24, 2.45) is 0 Å². The van der Waals surface area contributed by atoms with E-state index in [0.29, 0.717) is 6.61 Å². The summed E-state index contributed by atoms with van der Waals surface area (Å²) in [6.45, 7) is 0.555. The number of hydrogen-bond donors (Lipinski definition) is 0. The van der Waals surface area contributed by atoms with E-state index in [1.165, 1.54) is 16.7 Å². The first kappa shape index (κ1) is 17.8. The number of rotatable bonds is 6. The highest BCUT2D eigenvalue weighted by molar-refractivity contribution is 5.83. The van der Waals surface area contributed by atoms with Crippen LogP contribution >= 0.6 is 0 Å². The van der Waals surface area contributed by atoms with Crippen molar-refractivity contribution in [1.82, 2.24) is 0 Å². The topological polar surface area (TPSA) is 9.23 Å². The minimum atomic E-state index is 0.555. The molecule has 0 aromatic heterocycles. The van der Waals surface area contributed by atoms with Crippen molar-refractivity contribution in [3.63, 3.8) is 0 Å². The Morgan fingerprint density at radius 1 is 0.536 bits per heavy atom. The molecule has 0 radical (unpaired) electrons. The van der Waals surface area contributed by atoms with E-state index in [-0.39, 0.29) is 0 Å². The minimum Gasteiger partial charge on any atom is -0.488 e. The number of ether oxygens (including phenoxy) is 1. The first-order chi connectivity index (χ1) is 13.9. The fourth-order valence-electron chi connectivity index (χ4n) is 3.19. The molecule has 136 valence electrons. The highest BCUT2D eigenvalue weighted by Crippen LogP contribution is 2.33. The van der Waals surface area contributed by atoms with Crippen LogP contribution in [0.2, 0.25) is 0 Å². The molecule has 1 heteroatoms. The zero-order valence-corrected chi connectivity index (χ0v) is 15.7. The summed E-state index contributed by atoms with van der Waals surface area (Å²) in [6.07, 6.45) is 4.31. The van der Waals surface area contributed by atoms with Crippen LogP contribution in [-0.2, 0) is 6.61 Å². The highest BCUT2D eigenvalue weighted by atomic mass is 16.5. The summed E-state index contributed by atoms with van der Waals surface area (Å²) in [5, 5.41) is 0. The molecule has 0 saturated carbocycles. The first-order valence-corrected chi connectivity index (χ1v) is 9.48. The van der Waals surface area contributed by atoms with E-state index in [1.54, 1.807) is 0 Å². The summed E-state index contributed by atoms with van der Waals surface area (Å²) in [4.78, 5) is 0. The van der Waals surface area contributed by atoms with Crippen LogP contribution < -0.4 is 4.74 Å². The lowest BCUT2D eigenvalue weighted by atomic mass is 9.98. The first-order valence-electron chi connectivity index (χ1n) is 9.48. The summed E-state index contributed by atoms with van der Waals surface area (Å²) in [5.74, 6) is 0.895. The Bertz CT molecular complexity index is 1050. The quantitative estimate of drug-likeness (QED) is 0.332. The molecule has 0 atom stereocenters. The standard InChI is InChI=1S/C27H22O/c1-3-11-22(12-4-1)19-20-24-15-7-8-16-25(24)26-17-9-10-18-27(26)28-21-23-13-5-2-6-14-23/h1-20H,21H2/b20-19+. The number of para-hydroxylation sites is 1. The van der Waals surface area contributed by atoms with Crippen LogP contribution in [0.5, 0.6) is 5.75 Å². The van der Waals surface area contributed by atoms with Crippen molar-refractivity contribution in [1.29, 1.82) is 0 Å². The molecule has 0 spiro atoms. The Labute approximate surface area is 166 Å². The smallest absolute Gasteiger partial charge is 0.127 e. The Hall–Kier alpha value is -3.58. The SMILES string of the molecule is C(=C\c1ccccc1-c1ccccc1OCc1ccccc1)/c1ccccc1. The van der Waals surface area contributed by atoms with Gasteiger partial charge in [-0.3, -0.25) is 0 Å². The molecule has 0 heterocycles. The molecule has 0 aliphatic rings. The van der Waals surface area contributed by atoms with Crippen LogP contribution in [0.1, 0.15) is 16.7 Å². The maximum atomic E-state index is 6.17. The van der Waals surface area contributed by atoms with Gasteiger partial charge in [-0.1, -0.05) is 115 Å². The molecule has 0 fully saturated rings. The van der Waals surface area contributed by atoms with Gasteiger partial charge in [0.1, 0.15) is 12.4 Å². The molecular formula is C27H22O. The summed E-state index contributed by atoms with van der Waals surface area (Å²) >= 11 is 0. The van der Waals surface area contributed by atoms with Gasteiger partial charge in [-0.2, -0.15) is 0 Å². The Kier molecular flexibility index (Phi) is 5.65. The Balaban J connectivity index is 1.64. The molecule has 0 N–H and O–H groups in total. The molecule has 0 aliphatic heterocycles. The van der Waals surface area contributed by atoms with E-state index in [1.807, 2.05) is 36.4 Å². The lowest BCUT2D eigenvalue weighted by molar-refractivity contribution is 0.307. The van der Waals surface area contributed by atoms with Gasteiger partial charge in [0.2, 0.25) is 0 Å². The maximum Gasteiger partial charge on any atom is 0.127 e. The second-order valence-electron chi connectivity index (χ2n) is 6.60. The van der Waals surface area contributed by atoms with Gasteiger partial charge in [-0.05, 0) is 28.3 Å². The van der Waals surface area contributed by atoms with E-state index >= 15 is 0 Å². The van der Waals surface area contributed by atoms with Crippen molar-refractivity contribution in [2.75, 3.05) is 0 Å². The fourth-order valence-corrected chi connectivity index (χ4v) is 3.19. The second kappa shape index (κ2) is 8.88. The van der Waals surface area contributed by atoms with Gasteiger partial charge in [0.05, 0.1) is 0 Å². The molecule has 0 bridgehead atoms. The van der Waals surface area contributed by atoms with Gasteiger partial charge in [0.15, 0.2) is 0 Å². The largest absolute Gasteiger partial charge is 0.488 e. The van der Waals surface area contributed by atoms with Crippen LogP contribution in [0.15, 0.2) is 109 Å². The molecule has 0 saturated heterocycles. The zero-order valence-electron chi connectivity index (χ0n) is 15.7. The Morgan fingerprint density at radius 2 is 1.14 bits per heavy atom. The van der Waals surface area contributed by atoms with Crippen molar-refractivity contribution >= 4 is 12.2 Å². The monoisotopic (exact) mass is 362 g/mol. The van der Waals surface area contributed by atoms with E-state index in [0.717, 1.165) is 16.9 Å². The Morgan fingerprint density at radius 3 is 1.93 bits per heavy atom. The summed E-state index contributed by atoms with van der Waals surface area (Å²) < 4.78 is 6.17. The molecule has 4 aromatic carbocycles. The minimum absolute atomic E-state index is 0.555. The normalized spacial score (nSPS) is 10.9. The zero-order chi connectivity index (χ0) is 19.0. The van der Waals surface area contributed by atoms with Gasteiger partial charge in [-0.25, -0.2) is 0 Å². The van der Waals surface area contributed by atoms with Gasteiger partial charge in [0, 0.05) is 5.56 Å². The average Bonchev–Trinajstić information content (AvgIpc) is 2.78.